The van der Waals surface area contributed by atoms with E-state index in [1.807, 2.05) is 0 Å². The van der Waals surface area contributed by atoms with E-state index in [0.29, 0.717) is 0 Å². The van der Waals surface area contributed by atoms with E-state index in [2.05, 4.69) is 35.3 Å². The molecule has 1 aliphatic carbocycles. The van der Waals surface area contributed by atoms with Gasteiger partial charge in [-0.15, -0.1) is 0 Å². The van der Waals surface area contributed by atoms with E-state index >= 15 is 0 Å². The molecule has 1 aliphatic heterocycles. The largest absolute Gasteiger partial charge is 0.311 e. The SMILES string of the molecule is CCNCc1cccc(CN2CCC3CCCCC3C2)n1. The second-order valence-electron chi connectivity index (χ2n) is 6.73. The molecule has 2 fully saturated rings. The third-order valence-corrected chi connectivity index (χ3v) is 5.18. The lowest BCUT2D eigenvalue weighted by molar-refractivity contribution is 0.0812. The molecule has 1 aromatic rings. The van der Waals surface area contributed by atoms with Crippen LogP contribution >= 0.6 is 0 Å². The molecule has 21 heavy (non-hydrogen) atoms. The second-order valence-corrected chi connectivity index (χ2v) is 6.73. The Balaban J connectivity index is 1.56. The van der Waals surface area contributed by atoms with E-state index in [1.54, 1.807) is 0 Å². The first-order valence-corrected chi connectivity index (χ1v) is 8.73. The number of hydrogen-bond donors (Lipinski definition) is 1. The third kappa shape index (κ3) is 4.04. The molecule has 3 rings (SSSR count). The lowest BCUT2D eigenvalue weighted by Crippen LogP contribution is -2.41. The van der Waals surface area contributed by atoms with Gasteiger partial charge in [0.05, 0.1) is 11.4 Å². The van der Waals surface area contributed by atoms with Crippen molar-refractivity contribution in [2.75, 3.05) is 19.6 Å². The Morgan fingerprint density at radius 2 is 1.95 bits per heavy atom. The summed E-state index contributed by atoms with van der Waals surface area (Å²) in [4.78, 5) is 7.44. The van der Waals surface area contributed by atoms with Crippen LogP contribution in [-0.4, -0.2) is 29.5 Å². The first-order chi connectivity index (χ1) is 10.3. The summed E-state index contributed by atoms with van der Waals surface area (Å²) in [7, 11) is 0. The Hall–Kier alpha value is -0.930. The molecule has 0 amide bonds. The minimum Gasteiger partial charge on any atom is -0.311 e. The number of fused-ring (bicyclic) bond motifs is 1. The molecule has 1 aromatic heterocycles. The van der Waals surface area contributed by atoms with Gasteiger partial charge in [0.25, 0.3) is 0 Å². The topological polar surface area (TPSA) is 28.2 Å². The summed E-state index contributed by atoms with van der Waals surface area (Å²) in [6, 6.07) is 6.46. The van der Waals surface area contributed by atoms with Gasteiger partial charge in [-0.25, -0.2) is 0 Å². The molecule has 1 saturated heterocycles. The van der Waals surface area contributed by atoms with Gasteiger partial charge in [-0.05, 0) is 49.9 Å². The molecule has 0 aromatic carbocycles. The number of rotatable bonds is 5. The predicted octanol–water partition coefficient (Wildman–Crippen LogP) is 3.20. The van der Waals surface area contributed by atoms with Crippen molar-refractivity contribution in [2.45, 2.75) is 52.1 Å². The highest BCUT2D eigenvalue weighted by molar-refractivity contribution is 5.11. The van der Waals surface area contributed by atoms with Crippen molar-refractivity contribution < 1.29 is 0 Å². The van der Waals surface area contributed by atoms with Gasteiger partial charge in [-0.1, -0.05) is 32.3 Å². The first-order valence-electron chi connectivity index (χ1n) is 8.73. The standard InChI is InChI=1S/C18H29N3/c1-2-19-12-17-8-5-9-18(20-17)14-21-11-10-15-6-3-4-7-16(15)13-21/h5,8-9,15-16,19H,2-4,6-7,10-14H2,1H3. The predicted molar refractivity (Wildman–Crippen MR) is 87.0 cm³/mol. The normalized spacial score (nSPS) is 26.5. The highest BCUT2D eigenvalue weighted by atomic mass is 15.1. The zero-order valence-electron chi connectivity index (χ0n) is 13.4. The fourth-order valence-electron chi connectivity index (χ4n) is 4.02. The van der Waals surface area contributed by atoms with Crippen molar-refractivity contribution >= 4 is 0 Å². The summed E-state index contributed by atoms with van der Waals surface area (Å²) in [6.07, 6.45) is 7.26. The molecule has 3 nitrogen and oxygen atoms in total. The summed E-state index contributed by atoms with van der Waals surface area (Å²) >= 11 is 0. The maximum Gasteiger partial charge on any atom is 0.0547 e. The molecule has 0 radical (unpaired) electrons. The number of hydrogen-bond acceptors (Lipinski definition) is 3. The molecule has 0 bridgehead atoms. The highest BCUT2D eigenvalue weighted by Gasteiger charge is 2.30. The van der Waals surface area contributed by atoms with Crippen LogP contribution in [0.4, 0.5) is 0 Å². The number of aromatic nitrogens is 1. The van der Waals surface area contributed by atoms with Crippen molar-refractivity contribution in [3.63, 3.8) is 0 Å². The fraction of sp³-hybridized carbons (Fsp3) is 0.722. The van der Waals surface area contributed by atoms with Crippen molar-refractivity contribution in [3.05, 3.63) is 29.6 Å². The lowest BCUT2D eigenvalue weighted by atomic mass is 9.75. The van der Waals surface area contributed by atoms with Gasteiger partial charge in [-0.2, -0.15) is 0 Å². The van der Waals surface area contributed by atoms with Crippen LogP contribution in [0.1, 0.15) is 50.4 Å². The molecule has 2 heterocycles. The van der Waals surface area contributed by atoms with Crippen molar-refractivity contribution in [1.29, 1.82) is 0 Å². The summed E-state index contributed by atoms with van der Waals surface area (Å²) in [5, 5.41) is 3.36. The monoisotopic (exact) mass is 287 g/mol. The smallest absolute Gasteiger partial charge is 0.0547 e. The van der Waals surface area contributed by atoms with Gasteiger partial charge in [0, 0.05) is 19.6 Å². The van der Waals surface area contributed by atoms with E-state index in [0.717, 1.165) is 31.5 Å². The summed E-state index contributed by atoms with van der Waals surface area (Å²) in [5.74, 6) is 1.97. The Kier molecular flexibility index (Phi) is 5.26. The van der Waals surface area contributed by atoms with Gasteiger partial charge in [0.1, 0.15) is 0 Å². The van der Waals surface area contributed by atoms with E-state index in [1.165, 1.54) is 56.6 Å². The molecule has 2 atom stereocenters. The average Bonchev–Trinajstić information content (AvgIpc) is 2.53. The lowest BCUT2D eigenvalue weighted by Gasteiger charge is -2.41. The van der Waals surface area contributed by atoms with Crippen LogP contribution < -0.4 is 5.32 Å². The second kappa shape index (κ2) is 7.37. The third-order valence-electron chi connectivity index (χ3n) is 5.18. The van der Waals surface area contributed by atoms with Crippen molar-refractivity contribution in [2.24, 2.45) is 11.8 Å². The van der Waals surface area contributed by atoms with E-state index < -0.39 is 0 Å². The minimum atomic E-state index is 0.884. The Labute approximate surface area is 129 Å². The highest BCUT2D eigenvalue weighted by Crippen LogP contribution is 2.36. The molecule has 3 heteroatoms. The molecular formula is C18H29N3. The van der Waals surface area contributed by atoms with E-state index in [-0.39, 0.29) is 0 Å². The van der Waals surface area contributed by atoms with Crippen LogP contribution in [0.5, 0.6) is 0 Å². The molecular weight excluding hydrogens is 258 g/mol. The zero-order valence-corrected chi connectivity index (χ0v) is 13.4. The van der Waals surface area contributed by atoms with Crippen LogP contribution in [0, 0.1) is 11.8 Å². The molecule has 0 spiro atoms. The van der Waals surface area contributed by atoms with Crippen LogP contribution in [0.2, 0.25) is 0 Å². The molecule has 2 aliphatic rings. The average molecular weight is 287 g/mol. The summed E-state index contributed by atoms with van der Waals surface area (Å²) in [5.41, 5.74) is 2.40. The number of nitrogens with one attached hydrogen (secondary N) is 1. The quantitative estimate of drug-likeness (QED) is 0.901. The van der Waals surface area contributed by atoms with Crippen LogP contribution in [0.25, 0.3) is 0 Å². The molecule has 1 saturated carbocycles. The molecule has 1 N–H and O–H groups in total. The van der Waals surface area contributed by atoms with E-state index in [4.69, 9.17) is 4.98 Å². The van der Waals surface area contributed by atoms with E-state index in [9.17, 15) is 0 Å². The first kappa shape index (κ1) is 15.0. The number of likely N-dealkylation sites (tertiary alicyclic amines) is 1. The molecule has 2 unspecified atom stereocenters. The van der Waals surface area contributed by atoms with Gasteiger partial charge in [-0.3, -0.25) is 9.88 Å². The summed E-state index contributed by atoms with van der Waals surface area (Å²) < 4.78 is 0. The number of nitrogens with zero attached hydrogens (tertiary/aromatic N) is 2. The van der Waals surface area contributed by atoms with Crippen LogP contribution in [0.3, 0.4) is 0 Å². The fourth-order valence-corrected chi connectivity index (χ4v) is 4.02. The number of pyridine rings is 1. The number of piperidine rings is 1. The van der Waals surface area contributed by atoms with Gasteiger partial charge >= 0.3 is 0 Å². The van der Waals surface area contributed by atoms with Crippen molar-refractivity contribution in [3.8, 4) is 0 Å². The summed E-state index contributed by atoms with van der Waals surface area (Å²) in [6.45, 7) is 7.61. The van der Waals surface area contributed by atoms with Gasteiger partial charge in [0.15, 0.2) is 0 Å². The maximum atomic E-state index is 4.80. The minimum absolute atomic E-state index is 0.884. The zero-order chi connectivity index (χ0) is 14.5. The van der Waals surface area contributed by atoms with Crippen molar-refractivity contribution in [1.82, 2.24) is 15.2 Å². The Morgan fingerprint density at radius 3 is 2.81 bits per heavy atom. The van der Waals surface area contributed by atoms with Gasteiger partial charge in [0.2, 0.25) is 0 Å². The van der Waals surface area contributed by atoms with Gasteiger partial charge < -0.3 is 5.32 Å². The van der Waals surface area contributed by atoms with Crippen LogP contribution in [-0.2, 0) is 13.1 Å². The Bertz CT molecular complexity index is 446. The Morgan fingerprint density at radius 1 is 1.14 bits per heavy atom. The maximum absolute atomic E-state index is 4.80. The van der Waals surface area contributed by atoms with Crippen LogP contribution in [0.15, 0.2) is 18.2 Å². The molecule has 116 valence electrons.